The van der Waals surface area contributed by atoms with Gasteiger partial charge in [-0.1, -0.05) is 11.8 Å². The molecular formula is C21H28N6O2. The second-order valence-corrected chi connectivity index (χ2v) is 7.55. The van der Waals surface area contributed by atoms with Gasteiger partial charge < -0.3 is 14.5 Å². The third-order valence-corrected chi connectivity index (χ3v) is 5.68. The Balaban J connectivity index is 1.16. The molecule has 0 spiro atoms. The zero-order valence-electron chi connectivity index (χ0n) is 17.0. The molecule has 0 N–H and O–H groups in total. The third kappa shape index (κ3) is 4.86. The van der Waals surface area contributed by atoms with Crippen molar-refractivity contribution in [3.8, 4) is 11.8 Å². The van der Waals surface area contributed by atoms with Crippen molar-refractivity contribution in [2.75, 3.05) is 57.3 Å². The number of nitrogens with zero attached hydrogens (tertiary/aromatic N) is 6. The summed E-state index contributed by atoms with van der Waals surface area (Å²) in [4.78, 5) is 22.4. The number of ether oxygens (including phenoxy) is 1. The van der Waals surface area contributed by atoms with Gasteiger partial charge in [0.05, 0.1) is 18.8 Å². The molecule has 0 radical (unpaired) electrons. The van der Waals surface area contributed by atoms with E-state index in [9.17, 15) is 4.79 Å². The number of hydrogen-bond acceptors (Lipinski definition) is 6. The summed E-state index contributed by atoms with van der Waals surface area (Å²) in [7, 11) is 0. The molecule has 1 amide bonds. The molecule has 8 heteroatoms. The zero-order chi connectivity index (χ0) is 20.1. The average Bonchev–Trinajstić information content (AvgIpc) is 3.23. The van der Waals surface area contributed by atoms with Crippen LogP contribution in [0, 0.1) is 11.8 Å². The number of piperazine rings is 1. The smallest absolute Gasteiger partial charge is 0.219 e. The van der Waals surface area contributed by atoms with E-state index in [2.05, 4.69) is 31.7 Å². The summed E-state index contributed by atoms with van der Waals surface area (Å²) in [5.41, 5.74) is 1.04. The van der Waals surface area contributed by atoms with E-state index in [1.165, 1.54) is 0 Å². The number of fused-ring (bicyclic) bond motifs is 1. The first-order valence-corrected chi connectivity index (χ1v) is 10.3. The molecule has 4 heterocycles. The van der Waals surface area contributed by atoms with Crippen LogP contribution in [0.2, 0.25) is 0 Å². The Morgan fingerprint density at radius 1 is 1.14 bits per heavy atom. The largest absolute Gasteiger partial charge is 0.365 e. The van der Waals surface area contributed by atoms with Crippen molar-refractivity contribution in [1.29, 1.82) is 0 Å². The number of rotatable bonds is 4. The van der Waals surface area contributed by atoms with Crippen LogP contribution in [0.4, 0.5) is 5.82 Å². The number of piperidine rings is 1. The molecule has 0 saturated carbocycles. The van der Waals surface area contributed by atoms with Crippen LogP contribution in [-0.4, -0.2) is 88.8 Å². The molecule has 0 atom stereocenters. The van der Waals surface area contributed by atoms with Crippen LogP contribution in [0.15, 0.2) is 24.7 Å². The lowest BCUT2D eigenvalue weighted by atomic mass is 10.1. The third-order valence-electron chi connectivity index (χ3n) is 5.68. The minimum Gasteiger partial charge on any atom is -0.365 e. The lowest BCUT2D eigenvalue weighted by Gasteiger charge is -2.33. The molecule has 2 fully saturated rings. The average molecular weight is 396 g/mol. The van der Waals surface area contributed by atoms with Gasteiger partial charge >= 0.3 is 0 Å². The van der Waals surface area contributed by atoms with Crippen molar-refractivity contribution < 1.29 is 9.53 Å². The van der Waals surface area contributed by atoms with Crippen LogP contribution in [0.1, 0.15) is 19.8 Å². The van der Waals surface area contributed by atoms with Crippen molar-refractivity contribution in [3.05, 3.63) is 24.7 Å². The van der Waals surface area contributed by atoms with Gasteiger partial charge in [-0.05, 0) is 18.9 Å². The van der Waals surface area contributed by atoms with Crippen LogP contribution in [-0.2, 0) is 9.53 Å². The van der Waals surface area contributed by atoms with Gasteiger partial charge in [-0.25, -0.2) is 9.50 Å². The second-order valence-electron chi connectivity index (χ2n) is 7.55. The molecule has 2 aliphatic rings. The minimum atomic E-state index is 0.160. The summed E-state index contributed by atoms with van der Waals surface area (Å²) in [5, 5.41) is 4.28. The molecule has 0 aliphatic carbocycles. The SMILES string of the molecule is CC(=O)N1CCN(CC#CCOC2CCN(c3nccn4nccc34)CC2)CC1. The molecule has 4 rings (SSSR count). The Kier molecular flexibility index (Phi) is 6.27. The number of carbonyl (C=O) groups is 1. The van der Waals surface area contributed by atoms with Gasteiger partial charge in [0.1, 0.15) is 12.1 Å². The van der Waals surface area contributed by atoms with Gasteiger partial charge in [0.25, 0.3) is 0 Å². The van der Waals surface area contributed by atoms with Crippen molar-refractivity contribution in [2.45, 2.75) is 25.9 Å². The fourth-order valence-electron chi connectivity index (χ4n) is 3.92. The van der Waals surface area contributed by atoms with Gasteiger partial charge in [0.15, 0.2) is 5.82 Å². The summed E-state index contributed by atoms with van der Waals surface area (Å²) in [6, 6.07) is 2.00. The minimum absolute atomic E-state index is 0.160. The van der Waals surface area contributed by atoms with E-state index in [4.69, 9.17) is 4.74 Å². The highest BCUT2D eigenvalue weighted by Crippen LogP contribution is 2.23. The van der Waals surface area contributed by atoms with Crippen LogP contribution in [0.25, 0.3) is 5.52 Å². The van der Waals surface area contributed by atoms with Crippen LogP contribution in [0.3, 0.4) is 0 Å². The molecular weight excluding hydrogens is 368 g/mol. The molecule has 2 aromatic rings. The molecule has 154 valence electrons. The number of hydrogen-bond donors (Lipinski definition) is 0. The van der Waals surface area contributed by atoms with E-state index < -0.39 is 0 Å². The summed E-state index contributed by atoms with van der Waals surface area (Å²) in [6.07, 6.45) is 7.68. The maximum absolute atomic E-state index is 11.4. The topological polar surface area (TPSA) is 66.2 Å². The first-order chi connectivity index (χ1) is 14.2. The standard InChI is InChI=1S/C21H28N6O2/c1-18(28)25-15-13-24(14-16-25)9-2-3-17-29-19-5-10-26(11-6-19)21-20-4-7-23-27(20)12-8-22-21/h4,7-8,12,19H,5-6,9-11,13-17H2,1H3. The van der Waals surface area contributed by atoms with E-state index in [-0.39, 0.29) is 12.0 Å². The molecule has 2 saturated heterocycles. The van der Waals surface area contributed by atoms with E-state index >= 15 is 0 Å². The Labute approximate surface area is 171 Å². The molecule has 2 aliphatic heterocycles. The first-order valence-electron chi connectivity index (χ1n) is 10.3. The Morgan fingerprint density at radius 2 is 1.93 bits per heavy atom. The number of aromatic nitrogens is 3. The van der Waals surface area contributed by atoms with Crippen molar-refractivity contribution in [2.24, 2.45) is 0 Å². The van der Waals surface area contributed by atoms with E-state index in [0.29, 0.717) is 6.61 Å². The second kappa shape index (κ2) is 9.25. The highest BCUT2D eigenvalue weighted by molar-refractivity contribution is 5.73. The molecule has 2 aromatic heterocycles. The number of amides is 1. The van der Waals surface area contributed by atoms with Crippen LogP contribution < -0.4 is 4.90 Å². The van der Waals surface area contributed by atoms with Crippen molar-refractivity contribution in [3.63, 3.8) is 0 Å². The van der Waals surface area contributed by atoms with Gasteiger partial charge in [-0.2, -0.15) is 5.10 Å². The summed E-state index contributed by atoms with van der Waals surface area (Å²) < 4.78 is 7.83. The van der Waals surface area contributed by atoms with Gasteiger partial charge in [0.2, 0.25) is 5.91 Å². The molecule has 8 nitrogen and oxygen atoms in total. The van der Waals surface area contributed by atoms with Gasteiger partial charge in [0, 0.05) is 58.6 Å². The lowest BCUT2D eigenvalue weighted by molar-refractivity contribution is -0.130. The predicted molar refractivity (Wildman–Crippen MR) is 111 cm³/mol. The number of carbonyl (C=O) groups excluding carboxylic acids is 1. The fraction of sp³-hybridized carbons (Fsp3) is 0.571. The highest BCUT2D eigenvalue weighted by atomic mass is 16.5. The monoisotopic (exact) mass is 396 g/mol. The Bertz CT molecular complexity index is 885. The maximum Gasteiger partial charge on any atom is 0.219 e. The Hall–Kier alpha value is -2.63. The normalized spacial score (nSPS) is 18.7. The summed E-state index contributed by atoms with van der Waals surface area (Å²) >= 11 is 0. The quantitative estimate of drug-likeness (QED) is 0.715. The lowest BCUT2D eigenvalue weighted by Crippen LogP contribution is -2.47. The van der Waals surface area contributed by atoms with Crippen LogP contribution in [0.5, 0.6) is 0 Å². The maximum atomic E-state index is 11.4. The molecule has 0 aromatic carbocycles. The fourth-order valence-corrected chi connectivity index (χ4v) is 3.92. The first kappa shape index (κ1) is 19.7. The molecule has 0 unspecified atom stereocenters. The molecule has 0 bridgehead atoms. The summed E-state index contributed by atoms with van der Waals surface area (Å²) in [6.45, 7) is 8.10. The van der Waals surface area contributed by atoms with E-state index in [1.807, 2.05) is 21.7 Å². The van der Waals surface area contributed by atoms with Gasteiger partial charge in [-0.15, -0.1) is 0 Å². The highest BCUT2D eigenvalue weighted by Gasteiger charge is 2.22. The zero-order valence-corrected chi connectivity index (χ0v) is 17.0. The Morgan fingerprint density at radius 3 is 2.69 bits per heavy atom. The van der Waals surface area contributed by atoms with E-state index in [0.717, 1.165) is 70.0 Å². The predicted octanol–water partition coefficient (Wildman–Crippen LogP) is 0.882. The summed E-state index contributed by atoms with van der Waals surface area (Å²) in [5.74, 6) is 7.51. The van der Waals surface area contributed by atoms with Crippen LogP contribution >= 0.6 is 0 Å². The van der Waals surface area contributed by atoms with Crippen molar-refractivity contribution in [1.82, 2.24) is 24.4 Å². The molecule has 29 heavy (non-hydrogen) atoms. The van der Waals surface area contributed by atoms with E-state index in [1.54, 1.807) is 19.3 Å². The van der Waals surface area contributed by atoms with Gasteiger partial charge in [-0.3, -0.25) is 9.69 Å². The van der Waals surface area contributed by atoms with Crippen molar-refractivity contribution >= 4 is 17.2 Å². The number of anilines is 1.